The highest BCUT2D eigenvalue weighted by molar-refractivity contribution is 7.99. The molecule has 0 N–H and O–H groups in total. The monoisotopic (exact) mass is 468 g/mol. The van der Waals surface area contributed by atoms with Crippen molar-refractivity contribution in [1.29, 1.82) is 0 Å². The van der Waals surface area contributed by atoms with E-state index in [2.05, 4.69) is 29.0 Å². The number of benzene rings is 2. The van der Waals surface area contributed by atoms with Crippen molar-refractivity contribution in [2.24, 2.45) is 5.92 Å². The van der Waals surface area contributed by atoms with Crippen LogP contribution in [0.1, 0.15) is 44.5 Å². The lowest BCUT2D eigenvalue weighted by Crippen LogP contribution is -2.36. The minimum absolute atomic E-state index is 0.160. The highest BCUT2D eigenvalue weighted by Gasteiger charge is 2.34. The highest BCUT2D eigenvalue weighted by atomic mass is 35.5. The molecule has 8 heteroatoms. The summed E-state index contributed by atoms with van der Waals surface area (Å²) in [5.74, 6) is 1.68. The summed E-state index contributed by atoms with van der Waals surface area (Å²) in [6, 6.07) is 13.2. The standard InChI is InChI=1S/C24H25ClN4O2S/c1-14(2)10-11-32-24-26-22-21(27-28-24)19-12-15(3)8-9-20(19)29(16(4)30)23(31-22)17-6-5-7-18(25)13-17/h5-9,12-14,23H,10-11H2,1-4H3/t23-/m1/s1. The molecule has 1 amide bonds. The Bertz CT molecular complexity index is 1150. The molecule has 1 aliphatic heterocycles. The van der Waals surface area contributed by atoms with E-state index in [1.807, 2.05) is 37.3 Å². The normalized spacial score (nSPS) is 15.1. The second kappa shape index (κ2) is 9.46. The molecular weight excluding hydrogens is 444 g/mol. The van der Waals surface area contributed by atoms with Crippen molar-refractivity contribution in [1.82, 2.24) is 15.2 Å². The fourth-order valence-corrected chi connectivity index (χ4v) is 4.76. The number of carbonyl (C=O) groups is 1. The Morgan fingerprint density at radius 1 is 1.22 bits per heavy atom. The molecule has 0 aliphatic carbocycles. The summed E-state index contributed by atoms with van der Waals surface area (Å²) in [5, 5.41) is 9.93. The molecular formula is C24H25ClN4O2S. The van der Waals surface area contributed by atoms with Gasteiger partial charge < -0.3 is 4.74 Å². The van der Waals surface area contributed by atoms with Crippen LogP contribution >= 0.6 is 23.4 Å². The van der Waals surface area contributed by atoms with Gasteiger partial charge in [-0.05, 0) is 43.5 Å². The molecule has 1 aliphatic rings. The van der Waals surface area contributed by atoms with Crippen LogP contribution in [0.3, 0.4) is 0 Å². The van der Waals surface area contributed by atoms with Crippen LogP contribution in [0.25, 0.3) is 11.3 Å². The highest BCUT2D eigenvalue weighted by Crippen LogP contribution is 2.44. The number of aromatic nitrogens is 3. The van der Waals surface area contributed by atoms with Crippen LogP contribution in [0.5, 0.6) is 5.88 Å². The number of hydrogen-bond donors (Lipinski definition) is 0. The first-order valence-electron chi connectivity index (χ1n) is 10.5. The van der Waals surface area contributed by atoms with Gasteiger partial charge in [-0.25, -0.2) is 0 Å². The van der Waals surface area contributed by atoms with Crippen LogP contribution in [0.4, 0.5) is 5.69 Å². The third-order valence-electron chi connectivity index (χ3n) is 5.16. The van der Waals surface area contributed by atoms with Gasteiger partial charge in [0.05, 0.1) is 5.69 Å². The number of halogens is 1. The van der Waals surface area contributed by atoms with Crippen molar-refractivity contribution >= 4 is 35.0 Å². The molecule has 0 saturated carbocycles. The van der Waals surface area contributed by atoms with Crippen molar-refractivity contribution in [2.45, 2.75) is 45.5 Å². The molecule has 6 nitrogen and oxygen atoms in total. The average molecular weight is 469 g/mol. The van der Waals surface area contributed by atoms with Crippen molar-refractivity contribution in [3.8, 4) is 17.1 Å². The van der Waals surface area contributed by atoms with Gasteiger partial charge in [0.2, 0.25) is 23.2 Å². The molecule has 0 spiro atoms. The van der Waals surface area contributed by atoms with E-state index < -0.39 is 6.23 Å². The van der Waals surface area contributed by atoms with Crippen LogP contribution in [0.15, 0.2) is 47.6 Å². The van der Waals surface area contributed by atoms with Gasteiger partial charge in [-0.3, -0.25) is 9.69 Å². The summed E-state index contributed by atoms with van der Waals surface area (Å²) in [6.45, 7) is 7.89. The Hall–Kier alpha value is -2.64. The molecule has 2 aromatic carbocycles. The number of amides is 1. The summed E-state index contributed by atoms with van der Waals surface area (Å²) < 4.78 is 6.38. The van der Waals surface area contributed by atoms with Crippen molar-refractivity contribution in [3.05, 3.63) is 58.6 Å². The lowest BCUT2D eigenvalue weighted by Gasteiger charge is -2.30. The van der Waals surface area contributed by atoms with Gasteiger partial charge in [-0.1, -0.05) is 61.0 Å². The van der Waals surface area contributed by atoms with E-state index in [9.17, 15) is 4.79 Å². The predicted molar refractivity (Wildman–Crippen MR) is 128 cm³/mol. The molecule has 0 radical (unpaired) electrons. The Kier molecular flexibility index (Phi) is 6.67. The van der Waals surface area contributed by atoms with Crippen molar-refractivity contribution < 1.29 is 9.53 Å². The fourth-order valence-electron chi connectivity index (χ4n) is 3.54. The quantitative estimate of drug-likeness (QED) is 0.422. The fraction of sp³-hybridized carbons (Fsp3) is 0.333. The van der Waals surface area contributed by atoms with Gasteiger partial charge in [0.25, 0.3) is 0 Å². The van der Waals surface area contributed by atoms with Gasteiger partial charge in [0, 0.05) is 28.8 Å². The van der Waals surface area contributed by atoms with Crippen molar-refractivity contribution in [2.75, 3.05) is 10.7 Å². The molecule has 0 unspecified atom stereocenters. The number of ether oxygens (including phenoxy) is 1. The van der Waals surface area contributed by atoms with E-state index >= 15 is 0 Å². The smallest absolute Gasteiger partial charge is 0.247 e. The first-order valence-corrected chi connectivity index (χ1v) is 11.9. The summed E-state index contributed by atoms with van der Waals surface area (Å²) in [4.78, 5) is 19.2. The van der Waals surface area contributed by atoms with Crippen LogP contribution in [-0.2, 0) is 4.79 Å². The predicted octanol–water partition coefficient (Wildman–Crippen LogP) is 6.08. The molecule has 1 atom stereocenters. The van der Waals surface area contributed by atoms with E-state index in [0.717, 1.165) is 28.9 Å². The molecule has 0 saturated heterocycles. The molecule has 0 bridgehead atoms. The Morgan fingerprint density at radius 3 is 2.75 bits per heavy atom. The zero-order valence-corrected chi connectivity index (χ0v) is 20.1. The molecule has 1 aromatic heterocycles. The molecule has 2 heterocycles. The number of anilines is 1. The van der Waals surface area contributed by atoms with Gasteiger partial charge in [0.1, 0.15) is 0 Å². The number of hydrogen-bond acceptors (Lipinski definition) is 6. The summed E-state index contributed by atoms with van der Waals surface area (Å²) >= 11 is 7.81. The Labute approximate surface area is 197 Å². The maximum absolute atomic E-state index is 12.8. The molecule has 4 rings (SSSR count). The van der Waals surface area contributed by atoms with Gasteiger partial charge in [0.15, 0.2) is 5.69 Å². The van der Waals surface area contributed by atoms with Gasteiger partial charge in [-0.15, -0.1) is 10.2 Å². The third kappa shape index (κ3) is 4.74. The minimum atomic E-state index is -0.737. The zero-order chi connectivity index (χ0) is 22.8. The summed E-state index contributed by atoms with van der Waals surface area (Å²) in [6.07, 6.45) is 0.316. The number of nitrogens with zero attached hydrogens (tertiary/aromatic N) is 4. The third-order valence-corrected chi connectivity index (χ3v) is 6.27. The zero-order valence-electron chi connectivity index (χ0n) is 18.5. The summed E-state index contributed by atoms with van der Waals surface area (Å²) in [7, 11) is 0. The molecule has 3 aromatic rings. The average Bonchev–Trinajstić information content (AvgIpc) is 2.87. The minimum Gasteiger partial charge on any atom is -0.447 e. The first-order chi connectivity index (χ1) is 15.3. The number of thioether (sulfide) groups is 1. The van der Waals surface area contributed by atoms with Crippen LogP contribution in [-0.4, -0.2) is 26.8 Å². The SMILES string of the molecule is CC(=O)N1c2ccc(C)cc2-c2nnc(SCCC(C)C)nc2O[C@@H]1c1cccc(Cl)c1. The second-order valence-electron chi connectivity index (χ2n) is 8.21. The van der Waals surface area contributed by atoms with E-state index in [-0.39, 0.29) is 5.91 Å². The summed E-state index contributed by atoms with van der Waals surface area (Å²) in [5.41, 5.74) is 3.77. The van der Waals surface area contributed by atoms with Gasteiger partial charge in [-0.2, -0.15) is 4.98 Å². The molecule has 32 heavy (non-hydrogen) atoms. The van der Waals surface area contributed by atoms with Crippen LogP contribution in [0, 0.1) is 12.8 Å². The lowest BCUT2D eigenvalue weighted by molar-refractivity contribution is -0.118. The number of aryl methyl sites for hydroxylation is 1. The lowest BCUT2D eigenvalue weighted by atomic mass is 10.0. The Morgan fingerprint density at radius 2 is 2.03 bits per heavy atom. The number of fused-ring (bicyclic) bond motifs is 3. The largest absolute Gasteiger partial charge is 0.447 e. The number of rotatable bonds is 5. The van der Waals surface area contributed by atoms with Crippen LogP contribution in [0.2, 0.25) is 5.02 Å². The van der Waals surface area contributed by atoms with Crippen molar-refractivity contribution in [3.63, 3.8) is 0 Å². The first kappa shape index (κ1) is 22.6. The van der Waals surface area contributed by atoms with E-state index in [4.69, 9.17) is 16.3 Å². The van der Waals surface area contributed by atoms with E-state index in [1.165, 1.54) is 6.92 Å². The Balaban J connectivity index is 1.85. The van der Waals surface area contributed by atoms with E-state index in [1.54, 1.807) is 28.8 Å². The molecule has 166 valence electrons. The number of carbonyl (C=O) groups excluding carboxylic acids is 1. The maximum atomic E-state index is 12.8. The van der Waals surface area contributed by atoms with Gasteiger partial charge >= 0.3 is 0 Å². The molecule has 0 fully saturated rings. The van der Waals surface area contributed by atoms with Crippen LogP contribution < -0.4 is 9.64 Å². The topological polar surface area (TPSA) is 68.2 Å². The van der Waals surface area contributed by atoms with E-state index in [0.29, 0.717) is 33.4 Å². The second-order valence-corrected chi connectivity index (χ2v) is 9.71. The maximum Gasteiger partial charge on any atom is 0.247 e.